The third-order valence-corrected chi connectivity index (χ3v) is 3.75. The molecule has 8 heteroatoms. The molecule has 0 radical (unpaired) electrons. The largest absolute Gasteiger partial charge is 0.349 e. The van der Waals surface area contributed by atoms with E-state index < -0.39 is 0 Å². The lowest BCUT2D eigenvalue weighted by Gasteiger charge is -2.02. The van der Waals surface area contributed by atoms with Gasteiger partial charge < -0.3 is 5.32 Å². The molecule has 1 amide bonds. The quantitative estimate of drug-likeness (QED) is 0.767. The van der Waals surface area contributed by atoms with E-state index in [2.05, 4.69) is 20.5 Å². The molecule has 0 aliphatic carbocycles. The van der Waals surface area contributed by atoms with Crippen molar-refractivity contribution in [3.8, 4) is 5.69 Å². The number of nitrogens with zero attached hydrogens (tertiary/aromatic N) is 5. The number of aryl methyl sites for hydroxylation is 2. The molecule has 7 nitrogen and oxygen atoms in total. The van der Waals surface area contributed by atoms with Crippen LogP contribution in [0.4, 0.5) is 0 Å². The fourth-order valence-electron chi connectivity index (χ4n) is 2.31. The Balaban J connectivity index is 1.65. The number of aromatic nitrogens is 5. The van der Waals surface area contributed by atoms with Gasteiger partial charge in [0.1, 0.15) is 5.82 Å². The number of rotatable bonds is 5. The van der Waals surface area contributed by atoms with Gasteiger partial charge in [-0.15, -0.1) is 5.10 Å². The van der Waals surface area contributed by atoms with Crippen molar-refractivity contribution in [2.75, 3.05) is 6.54 Å². The van der Waals surface area contributed by atoms with Gasteiger partial charge in [0.25, 0.3) is 5.91 Å². The highest BCUT2D eigenvalue weighted by Gasteiger charge is 2.14. The molecule has 3 rings (SSSR count). The maximum absolute atomic E-state index is 12.2. The van der Waals surface area contributed by atoms with E-state index >= 15 is 0 Å². The maximum Gasteiger partial charge on any atom is 0.290 e. The second-order valence-electron chi connectivity index (χ2n) is 5.40. The Morgan fingerprint density at radius 1 is 1.29 bits per heavy atom. The molecular weight excluding hydrogens is 328 g/mol. The molecule has 0 saturated carbocycles. The van der Waals surface area contributed by atoms with Gasteiger partial charge in [0.05, 0.1) is 11.9 Å². The Morgan fingerprint density at radius 2 is 2.04 bits per heavy atom. The van der Waals surface area contributed by atoms with Crippen LogP contribution in [0.5, 0.6) is 0 Å². The summed E-state index contributed by atoms with van der Waals surface area (Å²) in [5.74, 6) is 0.484. The van der Waals surface area contributed by atoms with Gasteiger partial charge in [-0.1, -0.05) is 11.6 Å². The fraction of sp³-hybridized carbons (Fsp3) is 0.250. The van der Waals surface area contributed by atoms with Gasteiger partial charge in [-0.25, -0.2) is 9.67 Å². The van der Waals surface area contributed by atoms with Crippen LogP contribution in [0.25, 0.3) is 5.69 Å². The topological polar surface area (TPSA) is 77.6 Å². The van der Waals surface area contributed by atoms with Crippen molar-refractivity contribution in [2.24, 2.45) is 7.05 Å². The predicted octanol–water partition coefficient (Wildman–Crippen LogP) is 1.94. The van der Waals surface area contributed by atoms with E-state index in [1.165, 1.54) is 0 Å². The van der Waals surface area contributed by atoms with Crippen LogP contribution in [0.2, 0.25) is 5.02 Å². The van der Waals surface area contributed by atoms with E-state index in [0.717, 1.165) is 11.3 Å². The van der Waals surface area contributed by atoms with Crippen LogP contribution in [0, 0.1) is 6.92 Å². The summed E-state index contributed by atoms with van der Waals surface area (Å²) < 4.78 is 3.35. The molecule has 1 N–H and O–H groups in total. The van der Waals surface area contributed by atoms with E-state index in [4.69, 9.17) is 11.6 Å². The van der Waals surface area contributed by atoms with E-state index in [1.54, 1.807) is 34.6 Å². The molecule has 2 heterocycles. The number of amides is 1. The van der Waals surface area contributed by atoms with Crippen molar-refractivity contribution in [1.82, 2.24) is 29.9 Å². The van der Waals surface area contributed by atoms with Crippen molar-refractivity contribution in [1.29, 1.82) is 0 Å². The minimum atomic E-state index is -0.297. The molecule has 0 saturated heterocycles. The van der Waals surface area contributed by atoms with Gasteiger partial charge >= 0.3 is 0 Å². The van der Waals surface area contributed by atoms with Crippen molar-refractivity contribution < 1.29 is 4.79 Å². The summed E-state index contributed by atoms with van der Waals surface area (Å²) in [6.45, 7) is 2.30. The molecule has 1 aromatic carbocycles. The average Bonchev–Trinajstić information content (AvgIpc) is 3.14. The smallest absolute Gasteiger partial charge is 0.290 e. The lowest BCUT2D eigenvalue weighted by atomic mass is 10.2. The minimum Gasteiger partial charge on any atom is -0.349 e. The lowest BCUT2D eigenvalue weighted by molar-refractivity contribution is 0.0944. The number of hydrogen-bond donors (Lipinski definition) is 1. The maximum atomic E-state index is 12.2. The highest BCUT2D eigenvalue weighted by atomic mass is 35.5. The third-order valence-electron chi connectivity index (χ3n) is 3.50. The van der Waals surface area contributed by atoms with Crippen molar-refractivity contribution >= 4 is 17.5 Å². The summed E-state index contributed by atoms with van der Waals surface area (Å²) >= 11 is 5.89. The number of nitrogens with one attached hydrogen (secondary N) is 1. The molecule has 124 valence electrons. The average molecular weight is 345 g/mol. The van der Waals surface area contributed by atoms with E-state index in [1.807, 2.05) is 25.4 Å². The van der Waals surface area contributed by atoms with Gasteiger partial charge in [0.2, 0.25) is 5.82 Å². The molecule has 3 aromatic rings. The normalized spacial score (nSPS) is 10.8. The fourth-order valence-corrected chi connectivity index (χ4v) is 2.44. The predicted molar refractivity (Wildman–Crippen MR) is 90.4 cm³/mol. The second kappa shape index (κ2) is 6.84. The zero-order chi connectivity index (χ0) is 17.1. The molecule has 0 fully saturated rings. The van der Waals surface area contributed by atoms with Gasteiger partial charge in [-0.3, -0.25) is 9.48 Å². The molecule has 2 aromatic heterocycles. The van der Waals surface area contributed by atoms with Crippen LogP contribution >= 0.6 is 11.6 Å². The molecule has 0 atom stereocenters. The Morgan fingerprint density at radius 3 is 2.71 bits per heavy atom. The minimum absolute atomic E-state index is 0.147. The number of benzene rings is 1. The molecule has 0 bridgehead atoms. The van der Waals surface area contributed by atoms with E-state index in [-0.39, 0.29) is 11.7 Å². The van der Waals surface area contributed by atoms with Crippen molar-refractivity contribution in [3.05, 3.63) is 58.9 Å². The van der Waals surface area contributed by atoms with Gasteiger partial charge in [-0.05, 0) is 43.2 Å². The van der Waals surface area contributed by atoms with Crippen molar-refractivity contribution in [3.63, 3.8) is 0 Å². The van der Waals surface area contributed by atoms with Crippen LogP contribution < -0.4 is 5.32 Å². The number of carbonyl (C=O) groups excluding carboxylic acids is 1. The van der Waals surface area contributed by atoms with Gasteiger partial charge in [0.15, 0.2) is 0 Å². The number of halogens is 1. The Hall–Kier alpha value is -2.67. The SMILES string of the molecule is Cc1nc(C(=O)NCCc2cnn(C)c2)nn1-c1ccc(Cl)cc1. The Kier molecular flexibility index (Phi) is 4.61. The molecular formula is C16H17ClN6O. The first-order valence-electron chi connectivity index (χ1n) is 7.48. The van der Waals surface area contributed by atoms with Crippen LogP contribution in [0.15, 0.2) is 36.7 Å². The van der Waals surface area contributed by atoms with E-state index in [0.29, 0.717) is 23.8 Å². The molecule has 0 aliphatic rings. The van der Waals surface area contributed by atoms with Crippen LogP contribution in [0.3, 0.4) is 0 Å². The Labute approximate surface area is 144 Å². The molecule has 0 spiro atoms. The van der Waals surface area contributed by atoms with Gasteiger partial charge in [0, 0.05) is 24.8 Å². The number of carbonyl (C=O) groups is 1. The van der Waals surface area contributed by atoms with Crippen molar-refractivity contribution in [2.45, 2.75) is 13.3 Å². The molecule has 0 unspecified atom stereocenters. The van der Waals surface area contributed by atoms with Gasteiger partial charge in [-0.2, -0.15) is 5.10 Å². The second-order valence-corrected chi connectivity index (χ2v) is 5.84. The third kappa shape index (κ3) is 3.62. The first-order chi connectivity index (χ1) is 11.5. The molecule has 24 heavy (non-hydrogen) atoms. The summed E-state index contributed by atoms with van der Waals surface area (Å²) in [5, 5.41) is 11.8. The molecule has 0 aliphatic heterocycles. The highest BCUT2D eigenvalue weighted by molar-refractivity contribution is 6.30. The van der Waals surface area contributed by atoms with Crippen LogP contribution in [-0.2, 0) is 13.5 Å². The highest BCUT2D eigenvalue weighted by Crippen LogP contribution is 2.14. The summed E-state index contributed by atoms with van der Waals surface area (Å²) in [5.41, 5.74) is 1.87. The van der Waals surface area contributed by atoms with E-state index in [9.17, 15) is 4.79 Å². The zero-order valence-electron chi connectivity index (χ0n) is 13.4. The monoisotopic (exact) mass is 344 g/mol. The van der Waals surface area contributed by atoms with Crippen LogP contribution in [0.1, 0.15) is 22.0 Å². The first-order valence-corrected chi connectivity index (χ1v) is 7.86. The number of hydrogen-bond acceptors (Lipinski definition) is 4. The standard InChI is InChI=1S/C16H17ClN6O/c1-11-20-15(21-23(11)14-5-3-13(17)4-6-14)16(24)18-8-7-12-9-19-22(2)10-12/h3-6,9-10H,7-8H2,1-2H3,(H,18,24). The summed E-state index contributed by atoms with van der Waals surface area (Å²) in [6.07, 6.45) is 4.41. The lowest BCUT2D eigenvalue weighted by Crippen LogP contribution is -2.26. The van der Waals surface area contributed by atoms with Crippen LogP contribution in [-0.4, -0.2) is 37.0 Å². The summed E-state index contributed by atoms with van der Waals surface area (Å²) in [6, 6.07) is 7.19. The Bertz CT molecular complexity index is 852. The summed E-state index contributed by atoms with van der Waals surface area (Å²) in [7, 11) is 1.86. The first kappa shape index (κ1) is 16.2. The summed E-state index contributed by atoms with van der Waals surface area (Å²) in [4.78, 5) is 16.4. The zero-order valence-corrected chi connectivity index (χ0v) is 14.2.